The van der Waals surface area contributed by atoms with Gasteiger partial charge in [-0.15, -0.1) is 0 Å². The molecule has 0 bridgehead atoms. The molecular formula is C22H19ClN2O4. The lowest BCUT2D eigenvalue weighted by Crippen LogP contribution is -2.54. The molecule has 1 aliphatic heterocycles. The Kier molecular flexibility index (Phi) is 6.14. The zero-order valence-electron chi connectivity index (χ0n) is 15.8. The van der Waals surface area contributed by atoms with Gasteiger partial charge in [0.25, 0.3) is 11.8 Å². The molecule has 0 aliphatic carbocycles. The van der Waals surface area contributed by atoms with E-state index in [1.54, 1.807) is 36.4 Å². The van der Waals surface area contributed by atoms with Crippen LogP contribution in [0.2, 0.25) is 5.02 Å². The highest BCUT2D eigenvalue weighted by Crippen LogP contribution is 2.29. The van der Waals surface area contributed by atoms with Crippen LogP contribution in [0.5, 0.6) is 5.75 Å². The third-order valence-corrected chi connectivity index (χ3v) is 4.58. The minimum absolute atomic E-state index is 0.193. The summed E-state index contributed by atoms with van der Waals surface area (Å²) in [5.74, 6) is -1.06. The first-order valence-corrected chi connectivity index (χ1v) is 9.36. The van der Waals surface area contributed by atoms with Crippen LogP contribution < -0.4 is 15.0 Å². The first-order valence-electron chi connectivity index (χ1n) is 8.98. The van der Waals surface area contributed by atoms with Crippen LogP contribution >= 0.6 is 11.6 Å². The fourth-order valence-corrected chi connectivity index (χ4v) is 3.15. The van der Waals surface area contributed by atoms with Gasteiger partial charge in [-0.2, -0.15) is 0 Å². The normalized spacial score (nSPS) is 15.4. The van der Waals surface area contributed by atoms with Crippen molar-refractivity contribution >= 4 is 41.2 Å². The van der Waals surface area contributed by atoms with Gasteiger partial charge in [0.05, 0.1) is 5.69 Å². The van der Waals surface area contributed by atoms with Crippen molar-refractivity contribution in [2.45, 2.75) is 13.3 Å². The number of carbonyl (C=O) groups excluding carboxylic acids is 3. The number of hydrogen-bond donors (Lipinski definition) is 1. The molecule has 148 valence electrons. The smallest absolute Gasteiger partial charge is 0.335 e. The van der Waals surface area contributed by atoms with Gasteiger partial charge in [-0.05, 0) is 42.3 Å². The number of carbonyl (C=O) groups is 3. The lowest BCUT2D eigenvalue weighted by atomic mass is 10.0. The molecule has 1 aliphatic rings. The van der Waals surface area contributed by atoms with E-state index in [4.69, 9.17) is 16.3 Å². The van der Waals surface area contributed by atoms with Gasteiger partial charge < -0.3 is 4.74 Å². The summed E-state index contributed by atoms with van der Waals surface area (Å²) in [6.07, 6.45) is 3.57. The molecule has 2 aromatic carbocycles. The van der Waals surface area contributed by atoms with E-state index in [2.05, 4.69) is 11.9 Å². The minimum atomic E-state index is -0.785. The molecule has 6 nitrogen and oxygen atoms in total. The van der Waals surface area contributed by atoms with Crippen LogP contribution in [0.4, 0.5) is 10.5 Å². The first-order chi connectivity index (χ1) is 14.0. The molecule has 0 unspecified atom stereocenters. The van der Waals surface area contributed by atoms with E-state index in [0.29, 0.717) is 28.4 Å². The number of halogens is 1. The van der Waals surface area contributed by atoms with Crippen molar-refractivity contribution in [3.63, 3.8) is 0 Å². The van der Waals surface area contributed by atoms with Crippen molar-refractivity contribution < 1.29 is 19.1 Å². The van der Waals surface area contributed by atoms with Crippen LogP contribution in [-0.2, 0) is 16.0 Å². The number of nitrogens with one attached hydrogen (secondary N) is 1. The molecule has 0 spiro atoms. The summed E-state index contributed by atoms with van der Waals surface area (Å²) in [6.45, 7) is 5.76. The predicted octanol–water partition coefficient (Wildman–Crippen LogP) is 4.13. The second kappa shape index (κ2) is 8.75. The predicted molar refractivity (Wildman–Crippen MR) is 112 cm³/mol. The van der Waals surface area contributed by atoms with E-state index in [9.17, 15) is 14.4 Å². The number of benzene rings is 2. The SMILES string of the molecule is C=CCOc1ccc(Cl)cc1/C=C1/C(=O)NC(=O)N(c2ccccc2CC)C1=O. The van der Waals surface area contributed by atoms with Crippen LogP contribution in [0, 0.1) is 0 Å². The van der Waals surface area contributed by atoms with E-state index in [1.165, 1.54) is 6.08 Å². The van der Waals surface area contributed by atoms with Crippen molar-refractivity contribution in [3.05, 3.63) is 76.8 Å². The Morgan fingerprint density at radius 1 is 1.17 bits per heavy atom. The van der Waals surface area contributed by atoms with E-state index in [1.807, 2.05) is 19.1 Å². The maximum absolute atomic E-state index is 13.1. The summed E-state index contributed by atoms with van der Waals surface area (Å²) in [5, 5.41) is 2.64. The largest absolute Gasteiger partial charge is 0.489 e. The zero-order valence-corrected chi connectivity index (χ0v) is 16.5. The Hall–Kier alpha value is -3.38. The molecule has 2 aromatic rings. The van der Waals surface area contributed by atoms with Gasteiger partial charge in [-0.3, -0.25) is 14.9 Å². The molecule has 0 saturated carbocycles. The van der Waals surface area contributed by atoms with Gasteiger partial charge in [0.1, 0.15) is 17.9 Å². The highest BCUT2D eigenvalue weighted by Gasteiger charge is 2.37. The van der Waals surface area contributed by atoms with Crippen LogP contribution in [-0.4, -0.2) is 24.5 Å². The highest BCUT2D eigenvalue weighted by molar-refractivity contribution is 6.39. The quantitative estimate of drug-likeness (QED) is 0.441. The zero-order chi connectivity index (χ0) is 21.0. The fourth-order valence-electron chi connectivity index (χ4n) is 2.97. The Balaban J connectivity index is 2.07. The van der Waals surface area contributed by atoms with Crippen LogP contribution in [0.1, 0.15) is 18.1 Å². The molecular weight excluding hydrogens is 392 g/mol. The van der Waals surface area contributed by atoms with Crippen molar-refractivity contribution in [2.24, 2.45) is 0 Å². The Bertz CT molecular complexity index is 1030. The maximum atomic E-state index is 13.1. The molecule has 0 aromatic heterocycles. The molecule has 1 saturated heterocycles. The molecule has 29 heavy (non-hydrogen) atoms. The standard InChI is InChI=1S/C22H19ClN2O4/c1-3-11-29-19-10-9-16(23)12-15(19)13-17-20(26)24-22(28)25(21(17)27)18-8-6-5-7-14(18)4-2/h3,5-10,12-13H,1,4,11H2,2H3,(H,24,26,28)/b17-13-. The van der Waals surface area contributed by atoms with Gasteiger partial charge in [-0.25, -0.2) is 9.69 Å². The molecule has 1 heterocycles. The van der Waals surface area contributed by atoms with Crippen molar-refractivity contribution in [1.29, 1.82) is 0 Å². The van der Waals surface area contributed by atoms with Crippen molar-refractivity contribution in [3.8, 4) is 5.75 Å². The number of para-hydroxylation sites is 1. The maximum Gasteiger partial charge on any atom is 0.335 e. The third-order valence-electron chi connectivity index (χ3n) is 4.34. The Morgan fingerprint density at radius 2 is 1.93 bits per heavy atom. The summed E-state index contributed by atoms with van der Waals surface area (Å²) in [6, 6.07) is 11.1. The first kappa shape index (κ1) is 20.4. The highest BCUT2D eigenvalue weighted by atomic mass is 35.5. The number of urea groups is 1. The number of ether oxygens (including phenoxy) is 1. The molecule has 0 radical (unpaired) electrons. The third kappa shape index (κ3) is 4.22. The van der Waals surface area contributed by atoms with Gasteiger partial charge in [-0.1, -0.05) is 49.4 Å². The van der Waals surface area contributed by atoms with E-state index < -0.39 is 17.8 Å². The molecule has 3 rings (SSSR count). The summed E-state index contributed by atoms with van der Waals surface area (Å²) < 4.78 is 5.58. The average molecular weight is 411 g/mol. The molecule has 1 N–H and O–H groups in total. The molecule has 0 atom stereocenters. The van der Waals surface area contributed by atoms with Gasteiger partial charge >= 0.3 is 6.03 Å². The van der Waals surface area contributed by atoms with E-state index in [0.717, 1.165) is 10.5 Å². The summed E-state index contributed by atoms with van der Waals surface area (Å²) >= 11 is 6.07. The Labute approximate surface area is 173 Å². The number of aryl methyl sites for hydroxylation is 1. The van der Waals surface area contributed by atoms with Crippen molar-refractivity contribution in [2.75, 3.05) is 11.5 Å². The lowest BCUT2D eigenvalue weighted by Gasteiger charge is -2.28. The topological polar surface area (TPSA) is 75.7 Å². The number of rotatable bonds is 6. The average Bonchev–Trinajstić information content (AvgIpc) is 2.70. The number of amides is 4. The monoisotopic (exact) mass is 410 g/mol. The molecule has 7 heteroatoms. The fraction of sp³-hybridized carbons (Fsp3) is 0.136. The van der Waals surface area contributed by atoms with Gasteiger partial charge in [0.2, 0.25) is 0 Å². The van der Waals surface area contributed by atoms with Crippen LogP contribution in [0.15, 0.2) is 60.7 Å². The van der Waals surface area contributed by atoms with Gasteiger partial charge in [0, 0.05) is 10.6 Å². The number of anilines is 1. The Morgan fingerprint density at radius 3 is 2.66 bits per heavy atom. The van der Waals surface area contributed by atoms with E-state index >= 15 is 0 Å². The van der Waals surface area contributed by atoms with Crippen LogP contribution in [0.25, 0.3) is 6.08 Å². The van der Waals surface area contributed by atoms with Gasteiger partial charge in [0.15, 0.2) is 0 Å². The minimum Gasteiger partial charge on any atom is -0.489 e. The second-order valence-electron chi connectivity index (χ2n) is 6.22. The van der Waals surface area contributed by atoms with Crippen LogP contribution in [0.3, 0.4) is 0 Å². The lowest BCUT2D eigenvalue weighted by molar-refractivity contribution is -0.122. The number of imide groups is 2. The summed E-state index contributed by atoms with van der Waals surface area (Å²) in [4.78, 5) is 38.9. The molecule has 1 fully saturated rings. The summed E-state index contributed by atoms with van der Waals surface area (Å²) in [5.41, 5.74) is 1.49. The molecule has 4 amide bonds. The number of hydrogen-bond acceptors (Lipinski definition) is 4. The number of barbiturate groups is 1. The summed E-state index contributed by atoms with van der Waals surface area (Å²) in [7, 11) is 0. The van der Waals surface area contributed by atoms with Crippen molar-refractivity contribution in [1.82, 2.24) is 5.32 Å². The number of nitrogens with zero attached hydrogens (tertiary/aromatic N) is 1. The second-order valence-corrected chi connectivity index (χ2v) is 6.66. The van der Waals surface area contributed by atoms with E-state index in [-0.39, 0.29) is 12.2 Å².